The van der Waals surface area contributed by atoms with E-state index in [1.807, 2.05) is 30.3 Å². The molecule has 94 valence electrons. The summed E-state index contributed by atoms with van der Waals surface area (Å²) in [6.07, 6.45) is 3.16. The number of H-pyrrole nitrogens is 1. The van der Waals surface area contributed by atoms with Crippen molar-refractivity contribution in [1.29, 1.82) is 0 Å². The fourth-order valence-electron chi connectivity index (χ4n) is 1.52. The molecule has 0 bridgehead atoms. The standard InChI is InChI=1S/C13H15N3O2/c1-13(14,11-15-7-8-16-11)12(17)18-9-10-5-3-2-4-6-10/h2-8H,9,14H2,1H3,(H,15,16). The van der Waals surface area contributed by atoms with Crippen molar-refractivity contribution < 1.29 is 9.53 Å². The first-order valence-corrected chi connectivity index (χ1v) is 5.60. The molecule has 0 amide bonds. The van der Waals surface area contributed by atoms with Crippen molar-refractivity contribution in [2.24, 2.45) is 5.73 Å². The molecule has 0 aliphatic rings. The lowest BCUT2D eigenvalue weighted by Crippen LogP contribution is -2.44. The summed E-state index contributed by atoms with van der Waals surface area (Å²) in [7, 11) is 0. The minimum Gasteiger partial charge on any atom is -0.459 e. The van der Waals surface area contributed by atoms with Crippen LogP contribution in [0.25, 0.3) is 0 Å². The van der Waals surface area contributed by atoms with Crippen molar-refractivity contribution in [2.45, 2.75) is 19.1 Å². The van der Waals surface area contributed by atoms with Crippen molar-refractivity contribution in [1.82, 2.24) is 9.97 Å². The van der Waals surface area contributed by atoms with Crippen molar-refractivity contribution >= 4 is 5.97 Å². The van der Waals surface area contributed by atoms with E-state index < -0.39 is 11.5 Å². The van der Waals surface area contributed by atoms with Gasteiger partial charge in [0.05, 0.1) is 0 Å². The van der Waals surface area contributed by atoms with E-state index >= 15 is 0 Å². The Hall–Kier alpha value is -2.14. The Morgan fingerprint density at radius 3 is 2.78 bits per heavy atom. The van der Waals surface area contributed by atoms with Crippen LogP contribution in [-0.2, 0) is 21.7 Å². The zero-order valence-corrected chi connectivity index (χ0v) is 10.1. The predicted molar refractivity (Wildman–Crippen MR) is 66.4 cm³/mol. The van der Waals surface area contributed by atoms with Crippen molar-refractivity contribution in [3.63, 3.8) is 0 Å². The van der Waals surface area contributed by atoms with Gasteiger partial charge in [0.2, 0.25) is 0 Å². The molecule has 5 heteroatoms. The number of ether oxygens (including phenoxy) is 1. The maximum Gasteiger partial charge on any atom is 0.334 e. The average molecular weight is 245 g/mol. The third kappa shape index (κ3) is 2.57. The molecule has 2 rings (SSSR count). The van der Waals surface area contributed by atoms with E-state index in [0.29, 0.717) is 5.82 Å². The second-order valence-electron chi connectivity index (χ2n) is 4.20. The number of carbonyl (C=O) groups is 1. The van der Waals surface area contributed by atoms with Crippen LogP contribution in [0, 0.1) is 0 Å². The second-order valence-corrected chi connectivity index (χ2v) is 4.20. The van der Waals surface area contributed by atoms with Gasteiger partial charge in [0.15, 0.2) is 5.54 Å². The molecular weight excluding hydrogens is 230 g/mol. The molecule has 1 aromatic heterocycles. The molecule has 1 aromatic carbocycles. The highest BCUT2D eigenvalue weighted by molar-refractivity contribution is 5.80. The smallest absolute Gasteiger partial charge is 0.334 e. The molecular formula is C13H15N3O2. The quantitative estimate of drug-likeness (QED) is 0.796. The normalized spacial score (nSPS) is 13.9. The number of imidazole rings is 1. The summed E-state index contributed by atoms with van der Waals surface area (Å²) in [5.74, 6) is -0.123. The number of esters is 1. The summed E-state index contributed by atoms with van der Waals surface area (Å²) in [6, 6.07) is 9.44. The predicted octanol–water partition coefficient (Wildman–Crippen LogP) is 1.33. The molecule has 3 N–H and O–H groups in total. The van der Waals surface area contributed by atoms with E-state index in [-0.39, 0.29) is 6.61 Å². The molecule has 0 spiro atoms. The van der Waals surface area contributed by atoms with Crippen LogP contribution in [0.5, 0.6) is 0 Å². The molecule has 0 fully saturated rings. The minimum absolute atomic E-state index is 0.202. The SMILES string of the molecule is CC(N)(C(=O)OCc1ccccc1)c1ncc[nH]1. The molecule has 0 aliphatic carbocycles. The number of hydrogen-bond donors (Lipinski definition) is 2. The van der Waals surface area contributed by atoms with E-state index in [1.165, 1.54) is 0 Å². The maximum absolute atomic E-state index is 11.9. The maximum atomic E-state index is 11.9. The lowest BCUT2D eigenvalue weighted by molar-refractivity contribution is -0.151. The Labute approximate surface area is 105 Å². The van der Waals surface area contributed by atoms with Crippen LogP contribution in [0.3, 0.4) is 0 Å². The third-order valence-corrected chi connectivity index (χ3v) is 2.63. The van der Waals surface area contributed by atoms with Gasteiger partial charge in [-0.2, -0.15) is 0 Å². The Balaban J connectivity index is 2.00. The summed E-state index contributed by atoms with van der Waals surface area (Å²) < 4.78 is 5.19. The van der Waals surface area contributed by atoms with Crippen LogP contribution in [0.1, 0.15) is 18.3 Å². The Bertz CT molecular complexity index is 506. The third-order valence-electron chi connectivity index (χ3n) is 2.63. The number of nitrogens with two attached hydrogens (primary N) is 1. The lowest BCUT2D eigenvalue weighted by Gasteiger charge is -2.20. The van der Waals surface area contributed by atoms with Crippen molar-refractivity contribution in [3.8, 4) is 0 Å². The zero-order valence-electron chi connectivity index (χ0n) is 10.1. The number of aromatic nitrogens is 2. The fourth-order valence-corrected chi connectivity index (χ4v) is 1.52. The highest BCUT2D eigenvalue weighted by Gasteiger charge is 2.34. The second kappa shape index (κ2) is 5.01. The highest BCUT2D eigenvalue weighted by Crippen LogP contribution is 2.15. The number of aromatic amines is 1. The van der Waals surface area contributed by atoms with Crippen LogP contribution < -0.4 is 5.73 Å². The molecule has 0 aliphatic heterocycles. The number of hydrogen-bond acceptors (Lipinski definition) is 4. The first kappa shape index (κ1) is 12.3. The Kier molecular flexibility index (Phi) is 3.43. The fraction of sp³-hybridized carbons (Fsp3) is 0.231. The van der Waals surface area contributed by atoms with Gasteiger partial charge in [-0.1, -0.05) is 30.3 Å². The molecule has 2 aromatic rings. The molecule has 0 saturated heterocycles. The van der Waals surface area contributed by atoms with Gasteiger partial charge in [0, 0.05) is 12.4 Å². The molecule has 5 nitrogen and oxygen atoms in total. The molecule has 0 radical (unpaired) electrons. The number of rotatable bonds is 4. The Morgan fingerprint density at radius 2 is 2.17 bits per heavy atom. The van der Waals surface area contributed by atoms with Crippen LogP contribution in [0.15, 0.2) is 42.7 Å². The van der Waals surface area contributed by atoms with Crippen LogP contribution in [0.4, 0.5) is 0 Å². The van der Waals surface area contributed by atoms with Crippen molar-refractivity contribution in [2.75, 3.05) is 0 Å². The van der Waals surface area contributed by atoms with Gasteiger partial charge in [-0.3, -0.25) is 0 Å². The zero-order chi connectivity index (χ0) is 13.0. The van der Waals surface area contributed by atoms with Gasteiger partial charge >= 0.3 is 5.97 Å². The number of benzene rings is 1. The molecule has 0 saturated carbocycles. The monoisotopic (exact) mass is 245 g/mol. The number of nitrogens with one attached hydrogen (secondary N) is 1. The van der Waals surface area contributed by atoms with Gasteiger partial charge in [-0.15, -0.1) is 0 Å². The summed E-state index contributed by atoms with van der Waals surface area (Å²) in [6.45, 7) is 1.77. The minimum atomic E-state index is -1.27. The van der Waals surface area contributed by atoms with Gasteiger partial charge in [-0.25, -0.2) is 9.78 Å². The largest absolute Gasteiger partial charge is 0.459 e. The topological polar surface area (TPSA) is 81.0 Å². The van der Waals surface area contributed by atoms with E-state index in [4.69, 9.17) is 10.5 Å². The number of nitrogens with zero attached hydrogens (tertiary/aromatic N) is 1. The summed E-state index contributed by atoms with van der Waals surface area (Å²) in [5, 5.41) is 0. The molecule has 1 atom stereocenters. The lowest BCUT2D eigenvalue weighted by atomic mass is 10.0. The van der Waals surface area contributed by atoms with Crippen molar-refractivity contribution in [3.05, 3.63) is 54.1 Å². The Morgan fingerprint density at radius 1 is 1.44 bits per heavy atom. The molecule has 18 heavy (non-hydrogen) atoms. The molecule has 1 heterocycles. The van der Waals surface area contributed by atoms with Crippen LogP contribution in [-0.4, -0.2) is 15.9 Å². The van der Waals surface area contributed by atoms with E-state index in [1.54, 1.807) is 19.3 Å². The van der Waals surface area contributed by atoms with Crippen LogP contribution in [0.2, 0.25) is 0 Å². The molecule has 1 unspecified atom stereocenters. The van der Waals surface area contributed by atoms with Gasteiger partial charge in [0.1, 0.15) is 12.4 Å². The summed E-state index contributed by atoms with van der Waals surface area (Å²) >= 11 is 0. The summed E-state index contributed by atoms with van der Waals surface area (Å²) in [4.78, 5) is 18.7. The van der Waals surface area contributed by atoms with Gasteiger partial charge in [0.25, 0.3) is 0 Å². The van der Waals surface area contributed by atoms with Gasteiger partial charge < -0.3 is 15.5 Å². The van der Waals surface area contributed by atoms with E-state index in [0.717, 1.165) is 5.56 Å². The highest BCUT2D eigenvalue weighted by atomic mass is 16.5. The van der Waals surface area contributed by atoms with Gasteiger partial charge in [-0.05, 0) is 12.5 Å². The number of carbonyl (C=O) groups excluding carboxylic acids is 1. The first-order chi connectivity index (χ1) is 8.60. The van der Waals surface area contributed by atoms with Crippen LogP contribution >= 0.6 is 0 Å². The average Bonchev–Trinajstić information content (AvgIpc) is 2.91. The summed E-state index contributed by atoms with van der Waals surface area (Å²) in [5.41, 5.74) is 5.57. The first-order valence-electron chi connectivity index (χ1n) is 5.60. The van der Waals surface area contributed by atoms with E-state index in [2.05, 4.69) is 9.97 Å². The van der Waals surface area contributed by atoms with E-state index in [9.17, 15) is 4.79 Å².